The third kappa shape index (κ3) is 5.15. The molecule has 3 heteroatoms. The number of piperidine rings is 1. The molecule has 0 spiro atoms. The average molecular weight is 323 g/mol. The summed E-state index contributed by atoms with van der Waals surface area (Å²) in [5, 5.41) is 3.78. The molecule has 3 rings (SSSR count). The van der Waals surface area contributed by atoms with Crippen molar-refractivity contribution in [3.8, 4) is 0 Å². The van der Waals surface area contributed by atoms with E-state index in [2.05, 4.69) is 64.6 Å². The SMILES string of the molecule is C[C@H](CNC1CCN(CCc2ccncc2)CC1)c1ccccc1. The van der Waals surface area contributed by atoms with Crippen molar-refractivity contribution >= 4 is 0 Å². The van der Waals surface area contributed by atoms with Crippen LogP contribution in [0.4, 0.5) is 0 Å². The fourth-order valence-corrected chi connectivity index (χ4v) is 3.44. The second-order valence-electron chi connectivity index (χ2n) is 6.94. The van der Waals surface area contributed by atoms with Gasteiger partial charge in [0.25, 0.3) is 0 Å². The van der Waals surface area contributed by atoms with E-state index >= 15 is 0 Å². The van der Waals surface area contributed by atoms with Crippen molar-refractivity contribution in [1.82, 2.24) is 15.2 Å². The Labute approximate surface area is 146 Å². The zero-order chi connectivity index (χ0) is 16.6. The van der Waals surface area contributed by atoms with Gasteiger partial charge in [-0.25, -0.2) is 0 Å². The highest BCUT2D eigenvalue weighted by atomic mass is 15.1. The lowest BCUT2D eigenvalue weighted by atomic mass is 9.99. The summed E-state index contributed by atoms with van der Waals surface area (Å²) in [6, 6.07) is 15.7. The summed E-state index contributed by atoms with van der Waals surface area (Å²) in [6.45, 7) is 6.97. The van der Waals surface area contributed by atoms with Gasteiger partial charge >= 0.3 is 0 Å². The maximum absolute atomic E-state index is 4.08. The van der Waals surface area contributed by atoms with E-state index in [0.717, 1.165) is 19.5 Å². The molecule has 1 aromatic heterocycles. The van der Waals surface area contributed by atoms with Crippen LogP contribution in [-0.4, -0.2) is 42.1 Å². The number of rotatable bonds is 7. The minimum absolute atomic E-state index is 0.580. The van der Waals surface area contributed by atoms with Crippen molar-refractivity contribution in [3.05, 3.63) is 66.0 Å². The molecule has 1 aliphatic heterocycles. The molecule has 0 radical (unpaired) electrons. The Balaban J connectivity index is 1.35. The average Bonchev–Trinajstić information content (AvgIpc) is 2.67. The Morgan fingerprint density at radius 2 is 1.79 bits per heavy atom. The summed E-state index contributed by atoms with van der Waals surface area (Å²) in [5.74, 6) is 0.580. The molecule has 2 aromatic rings. The molecule has 0 unspecified atom stereocenters. The van der Waals surface area contributed by atoms with E-state index in [0.29, 0.717) is 12.0 Å². The van der Waals surface area contributed by atoms with Gasteiger partial charge < -0.3 is 10.2 Å². The lowest BCUT2D eigenvalue weighted by Gasteiger charge is -2.33. The molecule has 1 fully saturated rings. The molecule has 3 nitrogen and oxygen atoms in total. The summed E-state index contributed by atoms with van der Waals surface area (Å²) < 4.78 is 0. The standard InChI is InChI=1S/C21H29N3/c1-18(20-5-3-2-4-6-20)17-23-21-10-15-24(16-11-21)14-9-19-7-12-22-13-8-19/h2-8,12-13,18,21,23H,9-11,14-17H2,1H3/t18-/m1/s1. The second-order valence-corrected chi connectivity index (χ2v) is 6.94. The first-order valence-electron chi connectivity index (χ1n) is 9.21. The van der Waals surface area contributed by atoms with E-state index in [1.807, 2.05) is 12.4 Å². The molecule has 0 saturated carbocycles. The van der Waals surface area contributed by atoms with Gasteiger partial charge in [-0.05, 0) is 61.5 Å². The van der Waals surface area contributed by atoms with Crippen molar-refractivity contribution in [2.45, 2.75) is 38.1 Å². The first kappa shape index (κ1) is 17.1. The van der Waals surface area contributed by atoms with Crippen LogP contribution < -0.4 is 5.32 Å². The van der Waals surface area contributed by atoms with Crippen LogP contribution in [0.2, 0.25) is 0 Å². The molecule has 1 N–H and O–H groups in total. The monoisotopic (exact) mass is 323 g/mol. The minimum atomic E-state index is 0.580. The van der Waals surface area contributed by atoms with Gasteiger partial charge in [-0.3, -0.25) is 4.98 Å². The van der Waals surface area contributed by atoms with Crippen molar-refractivity contribution in [3.63, 3.8) is 0 Å². The highest BCUT2D eigenvalue weighted by molar-refractivity contribution is 5.19. The van der Waals surface area contributed by atoms with Gasteiger partial charge in [0.15, 0.2) is 0 Å². The van der Waals surface area contributed by atoms with E-state index in [9.17, 15) is 0 Å². The quantitative estimate of drug-likeness (QED) is 0.845. The smallest absolute Gasteiger partial charge is 0.0270 e. The third-order valence-electron chi connectivity index (χ3n) is 5.13. The normalized spacial score (nSPS) is 17.7. The number of benzene rings is 1. The Kier molecular flexibility index (Phi) is 6.39. The number of aromatic nitrogens is 1. The van der Waals surface area contributed by atoms with Crippen LogP contribution in [-0.2, 0) is 6.42 Å². The van der Waals surface area contributed by atoms with Crippen LogP contribution in [0.1, 0.15) is 36.8 Å². The van der Waals surface area contributed by atoms with E-state index in [1.54, 1.807) is 0 Å². The molecule has 0 bridgehead atoms. The number of hydrogen-bond donors (Lipinski definition) is 1. The zero-order valence-electron chi connectivity index (χ0n) is 14.7. The van der Waals surface area contributed by atoms with Crippen LogP contribution in [0.15, 0.2) is 54.9 Å². The maximum atomic E-state index is 4.08. The molecular formula is C21H29N3. The van der Waals surface area contributed by atoms with Crippen molar-refractivity contribution < 1.29 is 0 Å². The molecule has 1 aromatic carbocycles. The largest absolute Gasteiger partial charge is 0.313 e. The van der Waals surface area contributed by atoms with Crippen LogP contribution in [0.25, 0.3) is 0 Å². The number of nitrogens with one attached hydrogen (secondary N) is 1. The predicted octanol–water partition coefficient (Wildman–Crippen LogP) is 3.48. The van der Waals surface area contributed by atoms with Crippen molar-refractivity contribution in [1.29, 1.82) is 0 Å². The zero-order valence-corrected chi connectivity index (χ0v) is 14.7. The third-order valence-corrected chi connectivity index (χ3v) is 5.13. The van der Waals surface area contributed by atoms with Gasteiger partial charge in [-0.1, -0.05) is 37.3 Å². The molecule has 1 aliphatic rings. The van der Waals surface area contributed by atoms with Gasteiger partial charge in [-0.2, -0.15) is 0 Å². The summed E-state index contributed by atoms with van der Waals surface area (Å²) in [4.78, 5) is 6.68. The van der Waals surface area contributed by atoms with Crippen molar-refractivity contribution in [2.75, 3.05) is 26.2 Å². The molecular weight excluding hydrogens is 294 g/mol. The summed E-state index contributed by atoms with van der Waals surface area (Å²) >= 11 is 0. The van der Waals surface area contributed by atoms with E-state index in [4.69, 9.17) is 0 Å². The lowest BCUT2D eigenvalue weighted by molar-refractivity contribution is 0.199. The van der Waals surface area contributed by atoms with Gasteiger partial charge in [0.05, 0.1) is 0 Å². The highest BCUT2D eigenvalue weighted by Crippen LogP contribution is 2.16. The van der Waals surface area contributed by atoms with Gasteiger partial charge in [0.1, 0.15) is 0 Å². The van der Waals surface area contributed by atoms with Crippen LogP contribution in [0.3, 0.4) is 0 Å². The molecule has 1 atom stereocenters. The topological polar surface area (TPSA) is 28.2 Å². The molecule has 24 heavy (non-hydrogen) atoms. The number of nitrogens with zero attached hydrogens (tertiary/aromatic N) is 2. The van der Waals surface area contributed by atoms with E-state index in [-0.39, 0.29) is 0 Å². The van der Waals surface area contributed by atoms with Crippen molar-refractivity contribution in [2.24, 2.45) is 0 Å². The van der Waals surface area contributed by atoms with Crippen LogP contribution >= 0.6 is 0 Å². The first-order chi connectivity index (χ1) is 11.8. The van der Waals surface area contributed by atoms with Gasteiger partial charge in [-0.15, -0.1) is 0 Å². The summed E-state index contributed by atoms with van der Waals surface area (Å²) in [6.07, 6.45) is 7.43. The molecule has 0 aliphatic carbocycles. The van der Waals surface area contributed by atoms with E-state index < -0.39 is 0 Å². The highest BCUT2D eigenvalue weighted by Gasteiger charge is 2.19. The van der Waals surface area contributed by atoms with Gasteiger partial charge in [0, 0.05) is 31.5 Å². The maximum Gasteiger partial charge on any atom is 0.0270 e. The van der Waals surface area contributed by atoms with E-state index in [1.165, 1.54) is 37.1 Å². The second kappa shape index (κ2) is 8.95. The van der Waals surface area contributed by atoms with Crippen LogP contribution in [0, 0.1) is 0 Å². The fraction of sp³-hybridized carbons (Fsp3) is 0.476. The van der Waals surface area contributed by atoms with Gasteiger partial charge in [0.2, 0.25) is 0 Å². The number of pyridine rings is 1. The fourth-order valence-electron chi connectivity index (χ4n) is 3.44. The predicted molar refractivity (Wildman–Crippen MR) is 100 cm³/mol. The Morgan fingerprint density at radius 1 is 1.08 bits per heavy atom. The van der Waals surface area contributed by atoms with Crippen LogP contribution in [0.5, 0.6) is 0 Å². The Hall–Kier alpha value is -1.71. The summed E-state index contributed by atoms with van der Waals surface area (Å²) in [7, 11) is 0. The Bertz CT molecular complexity index is 577. The molecule has 0 amide bonds. The minimum Gasteiger partial charge on any atom is -0.313 e. The lowest BCUT2D eigenvalue weighted by Crippen LogP contribution is -2.44. The summed E-state index contributed by atoms with van der Waals surface area (Å²) in [5.41, 5.74) is 2.82. The molecule has 128 valence electrons. The Morgan fingerprint density at radius 3 is 2.50 bits per heavy atom. The molecule has 2 heterocycles. The molecule has 1 saturated heterocycles. The first-order valence-corrected chi connectivity index (χ1v) is 9.21. The number of hydrogen-bond acceptors (Lipinski definition) is 3. The number of likely N-dealkylation sites (tertiary alicyclic amines) is 1.